The number of hydrogen-bond donors (Lipinski definition) is 0. The highest BCUT2D eigenvalue weighted by Gasteiger charge is 2.10. The van der Waals surface area contributed by atoms with E-state index in [9.17, 15) is 0 Å². The van der Waals surface area contributed by atoms with Gasteiger partial charge >= 0.3 is 0 Å². The summed E-state index contributed by atoms with van der Waals surface area (Å²) >= 11 is 15.3. The molecule has 0 saturated carbocycles. The summed E-state index contributed by atoms with van der Waals surface area (Å²) in [6.45, 7) is 4.38. The minimum atomic E-state index is 0.460. The minimum absolute atomic E-state index is 0.460. The average molecular weight is 296 g/mol. The maximum absolute atomic E-state index is 6.08. The van der Waals surface area contributed by atoms with Crippen LogP contribution in [0.5, 0.6) is 0 Å². The average Bonchev–Trinajstić information content (AvgIpc) is 2.20. The summed E-state index contributed by atoms with van der Waals surface area (Å²) in [4.78, 5) is 0. The molecule has 0 aliphatic heterocycles. The van der Waals surface area contributed by atoms with Gasteiger partial charge in [-0.05, 0) is 45.5 Å². The predicted molar refractivity (Wildman–Crippen MR) is 67.4 cm³/mol. The standard InChI is InChI=1S/C11H13BrCl2/c1-3-7(2)8-4-9(6-13)11(14)10(12)5-8/h4-5,7H,3,6H2,1-2H3. The van der Waals surface area contributed by atoms with Crippen LogP contribution in [-0.4, -0.2) is 0 Å². The van der Waals surface area contributed by atoms with E-state index in [1.54, 1.807) is 0 Å². The predicted octanol–water partition coefficient (Wildman–Crippen LogP) is 5.35. The Hall–Kier alpha value is 0.280. The molecule has 0 nitrogen and oxygen atoms in total. The lowest BCUT2D eigenvalue weighted by Gasteiger charge is -2.12. The molecule has 1 atom stereocenters. The first kappa shape index (κ1) is 12.4. The molecule has 1 aromatic rings. The van der Waals surface area contributed by atoms with Gasteiger partial charge in [0.1, 0.15) is 0 Å². The third kappa shape index (κ3) is 2.65. The molecule has 1 unspecified atom stereocenters. The van der Waals surface area contributed by atoms with Crippen molar-refractivity contribution < 1.29 is 0 Å². The van der Waals surface area contributed by atoms with Crippen LogP contribution < -0.4 is 0 Å². The molecular weight excluding hydrogens is 283 g/mol. The van der Waals surface area contributed by atoms with Gasteiger partial charge in [0.05, 0.1) is 5.02 Å². The summed E-state index contributed by atoms with van der Waals surface area (Å²) in [7, 11) is 0. The molecule has 3 heteroatoms. The second-order valence-electron chi connectivity index (χ2n) is 3.42. The molecule has 1 aromatic carbocycles. The topological polar surface area (TPSA) is 0 Å². The van der Waals surface area contributed by atoms with Crippen LogP contribution in [0.15, 0.2) is 16.6 Å². The van der Waals surface area contributed by atoms with Crippen LogP contribution in [0.2, 0.25) is 5.02 Å². The zero-order valence-electron chi connectivity index (χ0n) is 8.28. The van der Waals surface area contributed by atoms with Crippen molar-refractivity contribution >= 4 is 39.1 Å². The fourth-order valence-electron chi connectivity index (χ4n) is 1.29. The van der Waals surface area contributed by atoms with E-state index < -0.39 is 0 Å². The first-order valence-corrected chi connectivity index (χ1v) is 6.34. The van der Waals surface area contributed by atoms with Gasteiger partial charge in [-0.3, -0.25) is 0 Å². The van der Waals surface area contributed by atoms with E-state index in [0.717, 1.165) is 21.5 Å². The van der Waals surface area contributed by atoms with Crippen LogP contribution in [0.25, 0.3) is 0 Å². The van der Waals surface area contributed by atoms with Gasteiger partial charge in [-0.25, -0.2) is 0 Å². The van der Waals surface area contributed by atoms with Gasteiger partial charge in [0, 0.05) is 10.4 Å². The van der Waals surface area contributed by atoms with E-state index in [0.29, 0.717) is 11.8 Å². The summed E-state index contributed by atoms with van der Waals surface area (Å²) in [5.74, 6) is 1.01. The van der Waals surface area contributed by atoms with E-state index >= 15 is 0 Å². The molecule has 0 aliphatic carbocycles. The number of halogens is 3. The lowest BCUT2D eigenvalue weighted by Crippen LogP contribution is -1.94. The van der Waals surface area contributed by atoms with Crippen LogP contribution in [-0.2, 0) is 5.88 Å². The Morgan fingerprint density at radius 3 is 2.57 bits per heavy atom. The summed E-state index contributed by atoms with van der Waals surface area (Å²) in [6.07, 6.45) is 1.12. The minimum Gasteiger partial charge on any atom is -0.121 e. The van der Waals surface area contributed by atoms with Gasteiger partial charge < -0.3 is 0 Å². The molecule has 1 rings (SSSR count). The molecule has 0 aliphatic rings. The summed E-state index contributed by atoms with van der Waals surface area (Å²) in [5.41, 5.74) is 2.29. The molecule has 0 aromatic heterocycles. The molecule has 14 heavy (non-hydrogen) atoms. The van der Waals surface area contributed by atoms with Crippen molar-refractivity contribution in [1.29, 1.82) is 0 Å². The van der Waals surface area contributed by atoms with Crippen LogP contribution in [0, 0.1) is 0 Å². The molecule has 0 saturated heterocycles. The second kappa shape index (κ2) is 5.39. The molecule has 0 N–H and O–H groups in total. The van der Waals surface area contributed by atoms with Crippen LogP contribution >= 0.6 is 39.1 Å². The Bertz CT molecular complexity index is 323. The Morgan fingerprint density at radius 2 is 2.07 bits per heavy atom. The third-order valence-corrected chi connectivity index (χ3v) is 4.04. The van der Waals surface area contributed by atoms with Crippen molar-refractivity contribution in [3.05, 3.63) is 32.8 Å². The maximum Gasteiger partial charge on any atom is 0.0592 e. The molecule has 0 bridgehead atoms. The van der Waals surface area contributed by atoms with E-state index in [1.807, 2.05) is 0 Å². The molecule has 78 valence electrons. The Kier molecular flexibility index (Phi) is 4.75. The highest BCUT2D eigenvalue weighted by atomic mass is 79.9. The number of hydrogen-bond acceptors (Lipinski definition) is 0. The molecule has 0 fully saturated rings. The van der Waals surface area contributed by atoms with E-state index in [-0.39, 0.29) is 0 Å². The third-order valence-electron chi connectivity index (χ3n) is 2.45. The number of benzene rings is 1. The monoisotopic (exact) mass is 294 g/mol. The smallest absolute Gasteiger partial charge is 0.0592 e. The summed E-state index contributed by atoms with van der Waals surface area (Å²) in [6, 6.07) is 4.17. The van der Waals surface area contributed by atoms with Gasteiger partial charge in [-0.1, -0.05) is 31.5 Å². The molecule has 0 radical (unpaired) electrons. The van der Waals surface area contributed by atoms with Crippen molar-refractivity contribution in [3.63, 3.8) is 0 Å². The van der Waals surface area contributed by atoms with Crippen LogP contribution in [0.4, 0.5) is 0 Å². The van der Waals surface area contributed by atoms with Gasteiger partial charge in [-0.2, -0.15) is 0 Å². The maximum atomic E-state index is 6.08. The van der Waals surface area contributed by atoms with Crippen molar-refractivity contribution in [2.75, 3.05) is 0 Å². The largest absolute Gasteiger partial charge is 0.121 e. The fraction of sp³-hybridized carbons (Fsp3) is 0.455. The van der Waals surface area contributed by atoms with Gasteiger partial charge in [0.15, 0.2) is 0 Å². The van der Waals surface area contributed by atoms with Crippen molar-refractivity contribution in [1.82, 2.24) is 0 Å². The Labute approximate surface area is 104 Å². The summed E-state index contributed by atoms with van der Waals surface area (Å²) in [5, 5.41) is 0.729. The van der Waals surface area contributed by atoms with E-state index in [4.69, 9.17) is 23.2 Å². The highest BCUT2D eigenvalue weighted by molar-refractivity contribution is 9.10. The lowest BCUT2D eigenvalue weighted by molar-refractivity contribution is 0.732. The van der Waals surface area contributed by atoms with Crippen molar-refractivity contribution in [2.24, 2.45) is 0 Å². The Balaban J connectivity index is 3.16. The lowest BCUT2D eigenvalue weighted by atomic mass is 9.97. The van der Waals surface area contributed by atoms with Gasteiger partial charge in [0.2, 0.25) is 0 Å². The van der Waals surface area contributed by atoms with Gasteiger partial charge in [0.25, 0.3) is 0 Å². The summed E-state index contributed by atoms with van der Waals surface area (Å²) < 4.78 is 0.938. The molecule has 0 amide bonds. The normalized spacial score (nSPS) is 12.9. The van der Waals surface area contributed by atoms with Crippen molar-refractivity contribution in [3.8, 4) is 0 Å². The van der Waals surface area contributed by atoms with Gasteiger partial charge in [-0.15, -0.1) is 11.6 Å². The first-order chi connectivity index (χ1) is 6.60. The highest BCUT2D eigenvalue weighted by Crippen LogP contribution is 2.32. The first-order valence-electron chi connectivity index (χ1n) is 4.63. The zero-order chi connectivity index (χ0) is 10.7. The van der Waals surface area contributed by atoms with Crippen LogP contribution in [0.3, 0.4) is 0 Å². The molecule has 0 heterocycles. The Morgan fingerprint density at radius 1 is 1.43 bits per heavy atom. The molecule has 0 spiro atoms. The number of alkyl halides is 1. The van der Waals surface area contributed by atoms with Crippen molar-refractivity contribution in [2.45, 2.75) is 32.1 Å². The quantitative estimate of drug-likeness (QED) is 0.659. The molecular formula is C11H13BrCl2. The SMILES string of the molecule is CCC(C)c1cc(Br)c(Cl)c(CCl)c1. The van der Waals surface area contributed by atoms with E-state index in [2.05, 4.69) is 41.9 Å². The number of rotatable bonds is 3. The second-order valence-corrected chi connectivity index (χ2v) is 4.92. The van der Waals surface area contributed by atoms with E-state index in [1.165, 1.54) is 5.56 Å². The zero-order valence-corrected chi connectivity index (χ0v) is 11.4. The van der Waals surface area contributed by atoms with Crippen LogP contribution in [0.1, 0.15) is 37.3 Å². The fourth-order valence-corrected chi connectivity index (χ4v) is 2.26.